The average Bonchev–Trinajstić information content (AvgIpc) is 3.36. The molecule has 1 aliphatic heterocycles. The van der Waals surface area contributed by atoms with Gasteiger partial charge < -0.3 is 33.9 Å². The van der Waals surface area contributed by atoms with Crippen LogP contribution in [0.3, 0.4) is 0 Å². The van der Waals surface area contributed by atoms with Crippen LogP contribution in [0.25, 0.3) is 22.3 Å². The monoisotopic (exact) mass is 642 g/mol. The minimum atomic E-state index is -1.08. The number of aromatic nitrogens is 2. The van der Waals surface area contributed by atoms with E-state index in [2.05, 4.69) is 5.32 Å². The number of halogens is 1. The maximum Gasteiger partial charge on any atom is 0.306 e. The summed E-state index contributed by atoms with van der Waals surface area (Å²) in [5.41, 5.74) is 3.13. The molecule has 2 amide bonds. The molecule has 14 heteroatoms. The van der Waals surface area contributed by atoms with Crippen molar-refractivity contribution >= 4 is 40.4 Å². The van der Waals surface area contributed by atoms with Gasteiger partial charge in [-0.25, -0.2) is 9.37 Å². The highest BCUT2D eigenvalue weighted by Gasteiger charge is 2.35. The lowest BCUT2D eigenvalue weighted by atomic mass is 9.81. The molecule has 1 unspecified atom stereocenters. The Labute approximate surface area is 261 Å². The van der Waals surface area contributed by atoms with E-state index in [1.807, 2.05) is 6.92 Å². The molecule has 0 spiro atoms. The van der Waals surface area contributed by atoms with Crippen LogP contribution in [0.5, 0.6) is 5.75 Å². The maximum absolute atomic E-state index is 15.0. The van der Waals surface area contributed by atoms with Gasteiger partial charge in [-0.3, -0.25) is 19.2 Å². The second-order valence-electron chi connectivity index (χ2n) is 11.2. The Bertz CT molecular complexity index is 1730. The summed E-state index contributed by atoms with van der Waals surface area (Å²) in [5, 5.41) is 14.5. The van der Waals surface area contributed by atoms with E-state index in [1.165, 1.54) is 27.9 Å². The minimum absolute atomic E-state index is 0.0617. The number of nitrogens with one attached hydrogen (secondary N) is 1. The number of pyridine rings is 2. The van der Waals surface area contributed by atoms with Crippen molar-refractivity contribution < 1.29 is 37.9 Å². The zero-order chi connectivity index (χ0) is 32.4. The minimum Gasteiger partial charge on any atom is -0.617 e. The van der Waals surface area contributed by atoms with Crippen LogP contribution in [0.15, 0.2) is 16.9 Å². The molecule has 1 aromatic carbocycles. The normalized spacial score (nSPS) is 15.4. The van der Waals surface area contributed by atoms with Crippen LogP contribution in [0, 0.1) is 12.7 Å². The maximum atomic E-state index is 15.0. The third kappa shape index (κ3) is 6.53. The molecular weight excluding hydrogens is 607 g/mol. The number of benzene rings is 1. The molecule has 0 radical (unpaired) electrons. The summed E-state index contributed by atoms with van der Waals surface area (Å²) >= 11 is -1.08. The molecule has 2 N–H and O–H groups in total. The van der Waals surface area contributed by atoms with Crippen LogP contribution in [0.2, 0.25) is 0 Å². The van der Waals surface area contributed by atoms with Gasteiger partial charge >= 0.3 is 5.97 Å². The fraction of sp³-hybridized carbons (Fsp3) is 0.452. The molecule has 0 fully saturated rings. The predicted molar refractivity (Wildman–Crippen MR) is 163 cm³/mol. The van der Waals surface area contributed by atoms with Crippen molar-refractivity contribution in [2.45, 2.75) is 58.7 Å². The molecule has 2 atom stereocenters. The Balaban J connectivity index is 1.46. The van der Waals surface area contributed by atoms with E-state index in [9.17, 15) is 28.8 Å². The van der Waals surface area contributed by atoms with Gasteiger partial charge in [0.05, 0.1) is 47.9 Å². The zero-order valence-electron chi connectivity index (χ0n) is 25.3. The number of rotatable bonds is 13. The highest BCUT2D eigenvalue weighted by molar-refractivity contribution is 7.90. The largest absolute Gasteiger partial charge is 0.617 e. The molecule has 5 rings (SSSR count). The van der Waals surface area contributed by atoms with Gasteiger partial charge in [-0.2, -0.15) is 0 Å². The molecule has 45 heavy (non-hydrogen) atoms. The van der Waals surface area contributed by atoms with E-state index in [1.54, 1.807) is 6.92 Å². The number of aryl methyl sites for hydroxylation is 1. The van der Waals surface area contributed by atoms with E-state index < -0.39 is 40.5 Å². The van der Waals surface area contributed by atoms with Gasteiger partial charge in [0.15, 0.2) is 0 Å². The number of hydrogen-bond acceptors (Lipinski definition) is 9. The van der Waals surface area contributed by atoms with Gasteiger partial charge in [0.25, 0.3) is 5.56 Å². The lowest BCUT2D eigenvalue weighted by molar-refractivity contribution is -0.145. The van der Waals surface area contributed by atoms with E-state index in [4.69, 9.17) is 14.5 Å². The van der Waals surface area contributed by atoms with Crippen molar-refractivity contribution in [1.82, 2.24) is 19.8 Å². The highest BCUT2D eigenvalue weighted by atomic mass is 32.2. The second-order valence-corrected chi connectivity index (χ2v) is 12.8. The molecule has 12 nitrogen and oxygen atoms in total. The summed E-state index contributed by atoms with van der Waals surface area (Å²) in [7, 11) is 0. The highest BCUT2D eigenvalue weighted by Crippen LogP contribution is 2.45. The van der Waals surface area contributed by atoms with Gasteiger partial charge in [-0.05, 0) is 42.9 Å². The first-order chi connectivity index (χ1) is 21.5. The molecule has 1 aliphatic carbocycles. The molecule has 0 saturated carbocycles. The molecular formula is C31H35FN4O8S. The molecule has 3 aromatic rings. The first-order valence-corrected chi connectivity index (χ1v) is 16.4. The summed E-state index contributed by atoms with van der Waals surface area (Å²) in [5.74, 6) is -1.39. The molecule has 0 saturated heterocycles. The summed E-state index contributed by atoms with van der Waals surface area (Å²) in [6, 6.07) is 2.21. The van der Waals surface area contributed by atoms with Crippen LogP contribution in [-0.4, -0.2) is 74.3 Å². The third-order valence-electron chi connectivity index (χ3n) is 8.18. The van der Waals surface area contributed by atoms with Crippen molar-refractivity contribution in [2.24, 2.45) is 0 Å². The average molecular weight is 643 g/mol. The number of nitrogens with zero attached hydrogens (tertiary/aromatic N) is 3. The Morgan fingerprint density at radius 3 is 2.82 bits per heavy atom. The number of carbonyl (C=O) groups is 3. The Morgan fingerprint density at radius 2 is 2.11 bits per heavy atom. The van der Waals surface area contributed by atoms with Gasteiger partial charge in [0, 0.05) is 29.5 Å². The van der Waals surface area contributed by atoms with Crippen LogP contribution < -0.4 is 10.9 Å². The number of fused-ring (bicyclic) bond motifs is 4. The smallest absolute Gasteiger partial charge is 0.306 e. The quantitative estimate of drug-likeness (QED) is 0.0965. The first-order valence-electron chi connectivity index (χ1n) is 14.7. The number of amides is 2. The predicted octanol–water partition coefficient (Wildman–Crippen LogP) is 2.34. The Morgan fingerprint density at radius 1 is 1.33 bits per heavy atom. The van der Waals surface area contributed by atoms with Crippen LogP contribution in [0.4, 0.5) is 4.39 Å². The SMILES string of the molecule is CCCC(=O)OCc1c(O)cc2n(c1=O)Cc1c-2nc2cc(F)c(C)c3c2c1[C@@H](NC(=O)COCN(C=O)CC[S+](C)[O-])CC3. The van der Waals surface area contributed by atoms with E-state index in [-0.39, 0.29) is 56.5 Å². The van der Waals surface area contributed by atoms with E-state index in [0.717, 1.165) is 5.56 Å². The molecule has 3 heterocycles. The fourth-order valence-corrected chi connectivity index (χ4v) is 6.42. The number of carbonyl (C=O) groups excluding carboxylic acids is 3. The van der Waals surface area contributed by atoms with Crippen molar-refractivity contribution in [1.29, 1.82) is 0 Å². The standard InChI is InChI=1S/C31H35FN4O8S/c1-4-5-27(40)44-13-20-25(38)11-24-30-19(12-36(24)31(20)41)29-22(7-6-18-17(2)21(32)10-23(34-30)28(18)29)33-26(39)14-43-16-35(15-37)8-9-45(3)42/h10-11,15,22,38H,4-9,12-14,16H2,1-3H3,(H,33,39)/t22-,45?/m0/s1. The molecule has 2 aromatic heterocycles. The summed E-state index contributed by atoms with van der Waals surface area (Å²) < 4.78 is 38.4. The number of hydrogen-bond donors (Lipinski definition) is 2. The lowest BCUT2D eigenvalue weighted by Crippen LogP contribution is -2.36. The fourth-order valence-electron chi connectivity index (χ4n) is 5.93. The molecule has 0 bridgehead atoms. The van der Waals surface area contributed by atoms with Crippen LogP contribution >= 0.6 is 0 Å². The number of aromatic hydroxyl groups is 1. The Hall–Kier alpha value is -4.01. The van der Waals surface area contributed by atoms with E-state index >= 15 is 4.39 Å². The summed E-state index contributed by atoms with van der Waals surface area (Å²) in [6.07, 6.45) is 3.80. The Kier molecular flexibility index (Phi) is 9.75. The summed E-state index contributed by atoms with van der Waals surface area (Å²) in [4.78, 5) is 55.8. The van der Waals surface area contributed by atoms with Crippen molar-refractivity contribution in [3.63, 3.8) is 0 Å². The van der Waals surface area contributed by atoms with Gasteiger partial charge in [0.1, 0.15) is 37.3 Å². The second kappa shape index (κ2) is 13.5. The van der Waals surface area contributed by atoms with Crippen molar-refractivity contribution in [3.05, 3.63) is 56.1 Å². The van der Waals surface area contributed by atoms with Crippen LogP contribution in [0.1, 0.15) is 60.0 Å². The first kappa shape index (κ1) is 32.4. The number of esters is 1. The summed E-state index contributed by atoms with van der Waals surface area (Å²) in [6.45, 7) is 2.97. The molecule has 2 aliphatic rings. The van der Waals surface area contributed by atoms with Crippen LogP contribution in [-0.2, 0) is 54.6 Å². The topological polar surface area (TPSA) is 163 Å². The number of ether oxygens (including phenoxy) is 2. The van der Waals surface area contributed by atoms with Gasteiger partial charge in [-0.15, -0.1) is 0 Å². The van der Waals surface area contributed by atoms with Crippen molar-refractivity contribution in [3.8, 4) is 17.1 Å². The third-order valence-corrected chi connectivity index (χ3v) is 8.94. The van der Waals surface area contributed by atoms with Crippen molar-refractivity contribution in [2.75, 3.05) is 31.9 Å². The lowest BCUT2D eigenvalue weighted by Gasteiger charge is -2.30. The van der Waals surface area contributed by atoms with E-state index in [0.29, 0.717) is 64.7 Å². The molecule has 240 valence electrons. The zero-order valence-corrected chi connectivity index (χ0v) is 26.1. The van der Waals surface area contributed by atoms with Gasteiger partial charge in [-0.1, -0.05) is 18.1 Å². The van der Waals surface area contributed by atoms with Gasteiger partial charge in [0.2, 0.25) is 12.3 Å².